The third-order valence-corrected chi connectivity index (χ3v) is 1.50. The van der Waals surface area contributed by atoms with E-state index in [4.69, 9.17) is 0 Å². The van der Waals surface area contributed by atoms with Gasteiger partial charge < -0.3 is 10.1 Å². The molecule has 1 heterocycles. The third-order valence-electron chi connectivity index (χ3n) is 1.50. The van der Waals surface area contributed by atoms with E-state index >= 15 is 0 Å². The SMILES string of the molecule is COC(=O)[C@@H]1C=CCNC1. The standard InChI is InChI=1S/C7H11NO2/c1-10-7(9)6-3-2-4-8-5-6/h2-3,6,8H,4-5H2,1H3/t6-/m1/s1. The fourth-order valence-electron chi connectivity index (χ4n) is 0.936. The first-order valence-electron chi connectivity index (χ1n) is 3.30. The van der Waals surface area contributed by atoms with E-state index in [1.165, 1.54) is 7.11 Å². The Bertz CT molecular complexity index is 154. The summed E-state index contributed by atoms with van der Waals surface area (Å²) in [6.45, 7) is 1.55. The van der Waals surface area contributed by atoms with E-state index in [1.54, 1.807) is 0 Å². The summed E-state index contributed by atoms with van der Waals surface area (Å²) in [4.78, 5) is 10.9. The van der Waals surface area contributed by atoms with E-state index < -0.39 is 0 Å². The molecule has 56 valence electrons. The lowest BCUT2D eigenvalue weighted by Crippen LogP contribution is -2.31. The summed E-state index contributed by atoms with van der Waals surface area (Å²) >= 11 is 0. The Labute approximate surface area is 60.1 Å². The van der Waals surface area contributed by atoms with Crippen molar-refractivity contribution < 1.29 is 9.53 Å². The molecule has 1 N–H and O–H groups in total. The molecule has 0 aromatic carbocycles. The molecule has 0 fully saturated rings. The number of hydrogen-bond donors (Lipinski definition) is 1. The fraction of sp³-hybridized carbons (Fsp3) is 0.571. The minimum atomic E-state index is -0.163. The van der Waals surface area contributed by atoms with Gasteiger partial charge in [0.1, 0.15) is 0 Å². The van der Waals surface area contributed by atoms with E-state index in [0.29, 0.717) is 6.54 Å². The Balaban J connectivity index is 2.46. The maximum absolute atomic E-state index is 10.9. The quantitative estimate of drug-likeness (QED) is 0.410. The number of carbonyl (C=O) groups is 1. The summed E-state index contributed by atoms with van der Waals surface area (Å²) in [5, 5.41) is 3.06. The monoisotopic (exact) mass is 141 g/mol. The number of carbonyl (C=O) groups excluding carboxylic acids is 1. The van der Waals surface area contributed by atoms with Gasteiger partial charge in [-0.3, -0.25) is 4.79 Å². The van der Waals surface area contributed by atoms with Crippen molar-refractivity contribution in [2.75, 3.05) is 20.2 Å². The number of methoxy groups -OCH3 is 1. The van der Waals surface area contributed by atoms with Gasteiger partial charge in [-0.1, -0.05) is 12.2 Å². The van der Waals surface area contributed by atoms with Gasteiger partial charge in [0.25, 0.3) is 0 Å². The van der Waals surface area contributed by atoms with Crippen molar-refractivity contribution in [2.45, 2.75) is 0 Å². The van der Waals surface area contributed by atoms with Crippen molar-refractivity contribution in [2.24, 2.45) is 5.92 Å². The van der Waals surface area contributed by atoms with Crippen molar-refractivity contribution in [3.63, 3.8) is 0 Å². The zero-order valence-corrected chi connectivity index (χ0v) is 5.96. The summed E-state index contributed by atoms with van der Waals surface area (Å²) in [7, 11) is 1.41. The lowest BCUT2D eigenvalue weighted by Gasteiger charge is -2.14. The molecule has 0 spiro atoms. The average Bonchev–Trinajstić information content (AvgIpc) is 2.05. The zero-order valence-electron chi connectivity index (χ0n) is 5.96. The maximum atomic E-state index is 10.9. The van der Waals surface area contributed by atoms with E-state index in [9.17, 15) is 4.79 Å². The minimum Gasteiger partial charge on any atom is -0.469 e. The predicted octanol–water partition coefficient (Wildman–Crippen LogP) is -0.0650. The van der Waals surface area contributed by atoms with Crippen LogP contribution in [0, 0.1) is 5.92 Å². The summed E-state index contributed by atoms with van der Waals surface area (Å²) in [5.41, 5.74) is 0. The Morgan fingerprint density at radius 3 is 3.10 bits per heavy atom. The molecule has 1 rings (SSSR count). The van der Waals surface area contributed by atoms with Crippen LogP contribution in [0.1, 0.15) is 0 Å². The van der Waals surface area contributed by atoms with Gasteiger partial charge in [-0.2, -0.15) is 0 Å². The van der Waals surface area contributed by atoms with Gasteiger partial charge in [-0.05, 0) is 0 Å². The van der Waals surface area contributed by atoms with E-state index in [2.05, 4.69) is 10.1 Å². The molecule has 3 nitrogen and oxygen atoms in total. The Morgan fingerprint density at radius 1 is 1.80 bits per heavy atom. The van der Waals surface area contributed by atoms with Crippen molar-refractivity contribution >= 4 is 5.97 Å². The maximum Gasteiger partial charge on any atom is 0.313 e. The van der Waals surface area contributed by atoms with Crippen LogP contribution in [0.5, 0.6) is 0 Å². The lowest BCUT2D eigenvalue weighted by molar-refractivity contribution is -0.143. The molecule has 10 heavy (non-hydrogen) atoms. The molecule has 0 unspecified atom stereocenters. The second-order valence-corrected chi connectivity index (χ2v) is 2.22. The summed E-state index contributed by atoms with van der Waals surface area (Å²) in [6, 6.07) is 0. The Hall–Kier alpha value is -0.830. The molecule has 0 bridgehead atoms. The molecule has 0 aliphatic carbocycles. The van der Waals surface area contributed by atoms with Crippen LogP contribution in [-0.2, 0) is 9.53 Å². The van der Waals surface area contributed by atoms with Crippen molar-refractivity contribution in [3.05, 3.63) is 12.2 Å². The van der Waals surface area contributed by atoms with Crippen molar-refractivity contribution in [1.29, 1.82) is 0 Å². The molecule has 0 aromatic heterocycles. The number of hydrogen-bond acceptors (Lipinski definition) is 3. The minimum absolute atomic E-state index is 0.0845. The van der Waals surface area contributed by atoms with Gasteiger partial charge in [0.05, 0.1) is 13.0 Å². The van der Waals surface area contributed by atoms with Crippen LogP contribution >= 0.6 is 0 Å². The van der Waals surface area contributed by atoms with Gasteiger partial charge in [0.2, 0.25) is 0 Å². The fourth-order valence-corrected chi connectivity index (χ4v) is 0.936. The van der Waals surface area contributed by atoms with Gasteiger partial charge in [-0.25, -0.2) is 0 Å². The van der Waals surface area contributed by atoms with Crippen LogP contribution in [0.15, 0.2) is 12.2 Å². The van der Waals surface area contributed by atoms with E-state index in [0.717, 1.165) is 6.54 Å². The molecular weight excluding hydrogens is 130 g/mol. The van der Waals surface area contributed by atoms with Crippen LogP contribution < -0.4 is 5.32 Å². The van der Waals surface area contributed by atoms with Gasteiger partial charge in [-0.15, -0.1) is 0 Å². The van der Waals surface area contributed by atoms with Crippen LogP contribution in [0.2, 0.25) is 0 Å². The molecule has 1 aliphatic rings. The van der Waals surface area contributed by atoms with Crippen LogP contribution in [-0.4, -0.2) is 26.2 Å². The highest BCUT2D eigenvalue weighted by atomic mass is 16.5. The number of nitrogens with one attached hydrogen (secondary N) is 1. The molecule has 0 amide bonds. The molecular formula is C7H11NO2. The second kappa shape index (κ2) is 3.37. The molecule has 3 heteroatoms. The van der Waals surface area contributed by atoms with Gasteiger partial charge >= 0.3 is 5.97 Å². The summed E-state index contributed by atoms with van der Waals surface area (Å²) in [5.74, 6) is -0.248. The van der Waals surface area contributed by atoms with Crippen LogP contribution in [0.25, 0.3) is 0 Å². The molecule has 0 radical (unpaired) electrons. The summed E-state index contributed by atoms with van der Waals surface area (Å²) < 4.78 is 4.56. The first kappa shape index (κ1) is 7.28. The smallest absolute Gasteiger partial charge is 0.313 e. The Kier molecular flexibility index (Phi) is 2.45. The normalized spacial score (nSPS) is 24.3. The van der Waals surface area contributed by atoms with Crippen molar-refractivity contribution in [1.82, 2.24) is 5.32 Å². The first-order valence-corrected chi connectivity index (χ1v) is 3.30. The number of esters is 1. The van der Waals surface area contributed by atoms with Crippen molar-refractivity contribution in [3.8, 4) is 0 Å². The molecule has 0 saturated carbocycles. The van der Waals surface area contributed by atoms with E-state index in [1.807, 2.05) is 12.2 Å². The largest absolute Gasteiger partial charge is 0.469 e. The third kappa shape index (κ3) is 1.57. The predicted molar refractivity (Wildman–Crippen MR) is 37.5 cm³/mol. The molecule has 0 aromatic rings. The highest BCUT2D eigenvalue weighted by molar-refractivity contribution is 5.74. The molecule has 1 atom stereocenters. The lowest BCUT2D eigenvalue weighted by atomic mass is 10.1. The Morgan fingerprint density at radius 2 is 2.60 bits per heavy atom. The molecule has 1 aliphatic heterocycles. The first-order chi connectivity index (χ1) is 4.84. The highest BCUT2D eigenvalue weighted by Crippen LogP contribution is 2.02. The number of rotatable bonds is 1. The average molecular weight is 141 g/mol. The highest BCUT2D eigenvalue weighted by Gasteiger charge is 2.16. The van der Waals surface area contributed by atoms with E-state index in [-0.39, 0.29) is 11.9 Å². The van der Waals surface area contributed by atoms with Gasteiger partial charge in [0.15, 0.2) is 0 Å². The number of ether oxygens (including phenoxy) is 1. The second-order valence-electron chi connectivity index (χ2n) is 2.22. The van der Waals surface area contributed by atoms with Crippen LogP contribution in [0.4, 0.5) is 0 Å². The molecule has 0 saturated heterocycles. The zero-order chi connectivity index (χ0) is 7.40. The topological polar surface area (TPSA) is 38.3 Å². The van der Waals surface area contributed by atoms with Crippen LogP contribution in [0.3, 0.4) is 0 Å². The van der Waals surface area contributed by atoms with Gasteiger partial charge in [0, 0.05) is 13.1 Å². The summed E-state index contributed by atoms with van der Waals surface area (Å²) in [6.07, 6.45) is 3.81.